The zero-order valence-electron chi connectivity index (χ0n) is 9.46. The number of hydrogen-bond donors (Lipinski definition) is 2. The molecule has 1 heterocycles. The van der Waals surface area contributed by atoms with Gasteiger partial charge >= 0.3 is 0 Å². The Morgan fingerprint density at radius 2 is 2.25 bits per heavy atom. The van der Waals surface area contributed by atoms with Gasteiger partial charge in [0.25, 0.3) is 0 Å². The van der Waals surface area contributed by atoms with Crippen LogP contribution in [-0.4, -0.2) is 16.5 Å². The Kier molecular flexibility index (Phi) is 3.19. The average molecular weight is 241 g/mol. The highest BCUT2D eigenvalue weighted by Crippen LogP contribution is 2.49. The van der Waals surface area contributed by atoms with Gasteiger partial charge in [-0.05, 0) is 24.7 Å². The third-order valence-corrected chi connectivity index (χ3v) is 3.56. The fourth-order valence-electron chi connectivity index (χ4n) is 2.00. The molecule has 0 amide bonds. The molecule has 0 saturated heterocycles. The van der Waals surface area contributed by atoms with Gasteiger partial charge < -0.3 is 11.1 Å². The van der Waals surface area contributed by atoms with E-state index in [2.05, 4.69) is 22.2 Å². The Morgan fingerprint density at radius 1 is 1.50 bits per heavy atom. The maximum absolute atomic E-state index is 6.01. The number of nitrogen functional groups attached to an aromatic ring is 1. The van der Waals surface area contributed by atoms with Crippen molar-refractivity contribution in [2.45, 2.75) is 32.6 Å². The average Bonchev–Trinajstić information content (AvgIpc) is 3.02. The molecule has 4 nitrogen and oxygen atoms in total. The van der Waals surface area contributed by atoms with Crippen LogP contribution in [0.3, 0.4) is 0 Å². The van der Waals surface area contributed by atoms with E-state index in [9.17, 15) is 0 Å². The second-order valence-electron chi connectivity index (χ2n) is 4.53. The number of hydrogen-bond acceptors (Lipinski definition) is 4. The van der Waals surface area contributed by atoms with Gasteiger partial charge in [-0.15, -0.1) is 0 Å². The first-order chi connectivity index (χ1) is 7.67. The molecule has 0 bridgehead atoms. The summed E-state index contributed by atoms with van der Waals surface area (Å²) < 4.78 is 0. The van der Waals surface area contributed by atoms with Crippen molar-refractivity contribution < 1.29 is 0 Å². The fourth-order valence-corrected chi connectivity index (χ4v) is 2.16. The van der Waals surface area contributed by atoms with Gasteiger partial charge in [-0.3, -0.25) is 0 Å². The molecule has 1 aromatic rings. The van der Waals surface area contributed by atoms with Gasteiger partial charge in [0, 0.05) is 6.54 Å². The summed E-state index contributed by atoms with van der Waals surface area (Å²) in [4.78, 5) is 7.93. The number of nitrogens with zero attached hydrogens (tertiary/aromatic N) is 2. The molecule has 5 heteroatoms. The summed E-state index contributed by atoms with van der Waals surface area (Å²) in [5, 5.41) is 3.70. The molecule has 0 atom stereocenters. The molecule has 2 rings (SSSR count). The van der Waals surface area contributed by atoms with Crippen molar-refractivity contribution in [1.82, 2.24) is 9.97 Å². The van der Waals surface area contributed by atoms with Crippen molar-refractivity contribution in [3.63, 3.8) is 0 Å². The molecule has 3 N–H and O–H groups in total. The van der Waals surface area contributed by atoms with Crippen molar-refractivity contribution in [1.29, 1.82) is 0 Å². The van der Waals surface area contributed by atoms with Gasteiger partial charge in [-0.2, -0.15) is 0 Å². The van der Waals surface area contributed by atoms with Gasteiger partial charge in [0.15, 0.2) is 0 Å². The van der Waals surface area contributed by atoms with E-state index in [1.54, 1.807) is 0 Å². The molecule has 1 aliphatic rings. The molecule has 1 aliphatic carbocycles. The third kappa shape index (κ3) is 2.38. The Hall–Kier alpha value is -1.03. The van der Waals surface area contributed by atoms with Gasteiger partial charge in [-0.25, -0.2) is 9.97 Å². The lowest BCUT2D eigenvalue weighted by atomic mass is 10.0. The molecule has 88 valence electrons. The number of rotatable bonds is 5. The van der Waals surface area contributed by atoms with E-state index in [4.69, 9.17) is 17.3 Å². The largest absolute Gasteiger partial charge is 0.382 e. The second kappa shape index (κ2) is 4.45. The summed E-state index contributed by atoms with van der Waals surface area (Å²) in [5.74, 6) is 0.982. The summed E-state index contributed by atoms with van der Waals surface area (Å²) in [6.07, 6.45) is 6.51. The summed E-state index contributed by atoms with van der Waals surface area (Å²) >= 11 is 6.01. The van der Waals surface area contributed by atoms with Crippen LogP contribution in [-0.2, 0) is 0 Å². The number of nitrogens with two attached hydrogens (primary N) is 1. The summed E-state index contributed by atoms with van der Waals surface area (Å²) in [6.45, 7) is 3.15. The summed E-state index contributed by atoms with van der Waals surface area (Å²) in [5.41, 5.74) is 6.08. The first-order valence-electron chi connectivity index (χ1n) is 5.67. The van der Waals surface area contributed by atoms with E-state index in [1.165, 1.54) is 32.0 Å². The van der Waals surface area contributed by atoms with Crippen LogP contribution >= 0.6 is 11.6 Å². The highest BCUT2D eigenvalue weighted by molar-refractivity contribution is 6.35. The minimum atomic E-state index is 0.333. The van der Waals surface area contributed by atoms with Gasteiger partial charge in [0.05, 0.1) is 0 Å². The van der Waals surface area contributed by atoms with Gasteiger partial charge in [-0.1, -0.05) is 24.9 Å². The highest BCUT2D eigenvalue weighted by Gasteiger charge is 2.41. The zero-order valence-corrected chi connectivity index (χ0v) is 10.2. The van der Waals surface area contributed by atoms with E-state index in [1.807, 2.05) is 0 Å². The van der Waals surface area contributed by atoms with E-state index < -0.39 is 0 Å². The topological polar surface area (TPSA) is 63.8 Å². The third-order valence-electron chi connectivity index (χ3n) is 3.18. The van der Waals surface area contributed by atoms with E-state index in [0.717, 1.165) is 6.54 Å². The first-order valence-corrected chi connectivity index (χ1v) is 6.04. The Labute approximate surface area is 101 Å². The van der Waals surface area contributed by atoms with Crippen LogP contribution < -0.4 is 11.1 Å². The minimum absolute atomic E-state index is 0.333. The van der Waals surface area contributed by atoms with Crippen molar-refractivity contribution >= 4 is 23.2 Å². The van der Waals surface area contributed by atoms with Crippen molar-refractivity contribution in [3.05, 3.63) is 11.3 Å². The Morgan fingerprint density at radius 3 is 2.88 bits per heavy atom. The molecular weight excluding hydrogens is 224 g/mol. The number of nitrogens with one attached hydrogen (secondary N) is 1. The van der Waals surface area contributed by atoms with Crippen LogP contribution in [0.5, 0.6) is 0 Å². The quantitative estimate of drug-likeness (QED) is 0.831. The molecule has 0 spiro atoms. The van der Waals surface area contributed by atoms with Crippen LogP contribution in [0.15, 0.2) is 6.33 Å². The predicted octanol–water partition coefficient (Wildman–Crippen LogP) is 2.70. The van der Waals surface area contributed by atoms with Crippen LogP contribution in [0.25, 0.3) is 0 Å². The minimum Gasteiger partial charge on any atom is -0.382 e. The lowest BCUT2D eigenvalue weighted by Crippen LogP contribution is -2.16. The Balaban J connectivity index is 1.97. The standard InChI is InChI=1S/C11H17ClN4/c1-2-3-11(4-5-11)6-14-10-8(12)9(13)15-7-16-10/h7H,2-6H2,1H3,(H3,13,14,15,16). The number of halogens is 1. The molecule has 16 heavy (non-hydrogen) atoms. The lowest BCUT2D eigenvalue weighted by Gasteiger charge is -2.16. The predicted molar refractivity (Wildman–Crippen MR) is 66.5 cm³/mol. The maximum atomic E-state index is 6.01. The molecule has 1 fully saturated rings. The van der Waals surface area contributed by atoms with Crippen LogP contribution in [0, 0.1) is 5.41 Å². The molecule has 0 radical (unpaired) electrons. The summed E-state index contributed by atoms with van der Waals surface area (Å²) in [6, 6.07) is 0. The van der Waals surface area contributed by atoms with Gasteiger partial charge in [0.2, 0.25) is 0 Å². The van der Waals surface area contributed by atoms with Gasteiger partial charge in [0.1, 0.15) is 23.0 Å². The summed E-state index contributed by atoms with van der Waals surface area (Å²) in [7, 11) is 0. The zero-order chi connectivity index (χ0) is 11.6. The molecular formula is C11H17ClN4. The van der Waals surface area contributed by atoms with Crippen LogP contribution in [0.1, 0.15) is 32.6 Å². The van der Waals surface area contributed by atoms with E-state index >= 15 is 0 Å². The first kappa shape index (κ1) is 11.5. The normalized spacial score (nSPS) is 17.1. The number of anilines is 2. The molecule has 0 aliphatic heterocycles. The van der Waals surface area contributed by atoms with Crippen molar-refractivity contribution in [2.75, 3.05) is 17.6 Å². The Bertz CT molecular complexity index is 376. The SMILES string of the molecule is CCCC1(CNc2ncnc(N)c2Cl)CC1. The van der Waals surface area contributed by atoms with Crippen molar-refractivity contribution in [3.8, 4) is 0 Å². The molecule has 0 unspecified atom stereocenters. The number of aromatic nitrogens is 2. The van der Waals surface area contributed by atoms with Crippen LogP contribution in [0.2, 0.25) is 5.02 Å². The molecule has 1 saturated carbocycles. The second-order valence-corrected chi connectivity index (χ2v) is 4.90. The van der Waals surface area contributed by atoms with Crippen molar-refractivity contribution in [2.24, 2.45) is 5.41 Å². The van der Waals surface area contributed by atoms with E-state index in [-0.39, 0.29) is 0 Å². The lowest BCUT2D eigenvalue weighted by molar-refractivity contribution is 0.485. The van der Waals surface area contributed by atoms with Crippen LogP contribution in [0.4, 0.5) is 11.6 Å². The maximum Gasteiger partial charge on any atom is 0.150 e. The molecule has 0 aromatic carbocycles. The highest BCUT2D eigenvalue weighted by atomic mass is 35.5. The van der Waals surface area contributed by atoms with E-state index in [0.29, 0.717) is 22.1 Å². The fraction of sp³-hybridized carbons (Fsp3) is 0.636. The smallest absolute Gasteiger partial charge is 0.150 e. The molecule has 1 aromatic heterocycles. The monoisotopic (exact) mass is 240 g/mol.